The van der Waals surface area contributed by atoms with Crippen molar-refractivity contribution < 1.29 is 14.0 Å². The van der Waals surface area contributed by atoms with Gasteiger partial charge in [0.05, 0.1) is 18.8 Å². The first-order chi connectivity index (χ1) is 14.8. The van der Waals surface area contributed by atoms with Gasteiger partial charge in [-0.1, -0.05) is 38.3 Å². The predicted octanol–water partition coefficient (Wildman–Crippen LogP) is 4.87. The lowest BCUT2D eigenvalue weighted by Crippen LogP contribution is -2.22. The minimum atomic E-state index is 0.684. The number of benzene rings is 1. The average Bonchev–Trinajstić information content (AvgIpc) is 3.47. The molecule has 0 saturated carbocycles. The van der Waals surface area contributed by atoms with E-state index in [2.05, 4.69) is 35.0 Å². The molecule has 30 heavy (non-hydrogen) atoms. The van der Waals surface area contributed by atoms with Crippen molar-refractivity contribution in [2.75, 3.05) is 32.8 Å². The third-order valence-corrected chi connectivity index (χ3v) is 5.41. The van der Waals surface area contributed by atoms with E-state index in [4.69, 9.17) is 14.0 Å². The molecule has 6 nitrogen and oxygen atoms in total. The maximum Gasteiger partial charge on any atom is 0.216 e. The van der Waals surface area contributed by atoms with Crippen molar-refractivity contribution in [3.63, 3.8) is 0 Å². The molecule has 0 amide bonds. The van der Waals surface area contributed by atoms with Gasteiger partial charge in [-0.05, 0) is 50.2 Å². The van der Waals surface area contributed by atoms with Gasteiger partial charge >= 0.3 is 0 Å². The number of aromatic nitrogens is 1. The SMILES string of the molecule is CCN(CC)Cc1cc(CCCCCCCOc2ccc(C3=NCCO3)cc2)on1. The first-order valence-electron chi connectivity index (χ1n) is 11.4. The van der Waals surface area contributed by atoms with E-state index in [1.807, 2.05) is 24.3 Å². The summed E-state index contributed by atoms with van der Waals surface area (Å²) in [5.74, 6) is 2.66. The quantitative estimate of drug-likeness (QED) is 0.414. The summed E-state index contributed by atoms with van der Waals surface area (Å²) in [6.45, 7) is 9.50. The third-order valence-electron chi connectivity index (χ3n) is 5.41. The second kappa shape index (κ2) is 12.4. The number of nitrogens with zero attached hydrogens (tertiary/aromatic N) is 3. The van der Waals surface area contributed by atoms with Gasteiger partial charge in [-0.3, -0.25) is 4.90 Å². The Morgan fingerprint density at radius 2 is 1.77 bits per heavy atom. The number of aryl methyl sites for hydroxylation is 1. The van der Waals surface area contributed by atoms with Crippen molar-refractivity contribution in [2.45, 2.75) is 58.9 Å². The third kappa shape index (κ3) is 7.17. The van der Waals surface area contributed by atoms with Crippen LogP contribution in [0.5, 0.6) is 5.75 Å². The molecule has 0 fully saturated rings. The Morgan fingerprint density at radius 1 is 1.00 bits per heavy atom. The van der Waals surface area contributed by atoms with Crippen LogP contribution >= 0.6 is 0 Å². The van der Waals surface area contributed by atoms with E-state index in [9.17, 15) is 0 Å². The molecule has 0 atom stereocenters. The van der Waals surface area contributed by atoms with Crippen LogP contribution in [0.2, 0.25) is 0 Å². The highest BCUT2D eigenvalue weighted by atomic mass is 16.5. The topological polar surface area (TPSA) is 60.1 Å². The fraction of sp³-hybridized carbons (Fsp3) is 0.583. The number of hydrogen-bond donors (Lipinski definition) is 0. The normalized spacial score (nSPS) is 13.5. The van der Waals surface area contributed by atoms with Crippen LogP contribution in [0.25, 0.3) is 0 Å². The number of rotatable bonds is 14. The fourth-order valence-corrected chi connectivity index (χ4v) is 3.55. The van der Waals surface area contributed by atoms with Gasteiger partial charge in [0.15, 0.2) is 0 Å². The zero-order valence-electron chi connectivity index (χ0n) is 18.4. The van der Waals surface area contributed by atoms with Gasteiger partial charge in [0, 0.05) is 24.6 Å². The van der Waals surface area contributed by atoms with Gasteiger partial charge in [-0.25, -0.2) is 4.99 Å². The number of ether oxygens (including phenoxy) is 2. The monoisotopic (exact) mass is 413 g/mol. The summed E-state index contributed by atoms with van der Waals surface area (Å²) in [4.78, 5) is 6.67. The molecule has 0 unspecified atom stereocenters. The Bertz CT molecular complexity index is 766. The van der Waals surface area contributed by atoms with Crippen LogP contribution in [-0.2, 0) is 17.7 Å². The van der Waals surface area contributed by atoms with Crippen LogP contribution in [-0.4, -0.2) is 48.8 Å². The Labute approximate surface area is 180 Å². The van der Waals surface area contributed by atoms with Crippen LogP contribution in [0, 0.1) is 0 Å². The lowest BCUT2D eigenvalue weighted by molar-refractivity contribution is 0.281. The Balaban J connectivity index is 1.22. The van der Waals surface area contributed by atoms with Gasteiger partial charge in [0.2, 0.25) is 5.90 Å². The minimum absolute atomic E-state index is 0.684. The first-order valence-corrected chi connectivity index (χ1v) is 11.4. The summed E-state index contributed by atoms with van der Waals surface area (Å²) in [5.41, 5.74) is 2.06. The molecular weight excluding hydrogens is 378 g/mol. The smallest absolute Gasteiger partial charge is 0.216 e. The van der Waals surface area contributed by atoms with Crippen molar-refractivity contribution in [3.05, 3.63) is 47.3 Å². The molecule has 1 aliphatic heterocycles. The molecule has 1 aliphatic rings. The lowest BCUT2D eigenvalue weighted by Gasteiger charge is -2.15. The van der Waals surface area contributed by atoms with E-state index < -0.39 is 0 Å². The van der Waals surface area contributed by atoms with Gasteiger partial charge in [0.1, 0.15) is 18.1 Å². The Kier molecular flexibility index (Phi) is 9.22. The molecule has 164 valence electrons. The van der Waals surface area contributed by atoms with Crippen molar-refractivity contribution >= 4 is 5.90 Å². The van der Waals surface area contributed by atoms with E-state index in [-0.39, 0.29) is 0 Å². The highest BCUT2D eigenvalue weighted by Crippen LogP contribution is 2.16. The van der Waals surface area contributed by atoms with Crippen LogP contribution in [0.15, 0.2) is 39.8 Å². The maximum absolute atomic E-state index is 5.84. The second-order valence-corrected chi connectivity index (χ2v) is 7.67. The molecular formula is C24H35N3O3. The van der Waals surface area contributed by atoms with Crippen LogP contribution in [0.1, 0.15) is 63.0 Å². The molecule has 3 rings (SSSR count). The van der Waals surface area contributed by atoms with Crippen molar-refractivity contribution in [3.8, 4) is 5.75 Å². The standard InChI is InChI=1S/C24H35N3O3/c1-3-27(4-2)19-21-18-23(30-26-21)10-8-6-5-7-9-16-28-22-13-11-20(12-14-22)24-25-15-17-29-24/h11-14,18H,3-10,15-17,19H2,1-2H3. The zero-order chi connectivity index (χ0) is 21.0. The summed E-state index contributed by atoms with van der Waals surface area (Å²) in [6.07, 6.45) is 6.82. The van der Waals surface area contributed by atoms with Gasteiger partial charge in [-0.15, -0.1) is 0 Å². The van der Waals surface area contributed by atoms with Gasteiger partial charge in [-0.2, -0.15) is 0 Å². The lowest BCUT2D eigenvalue weighted by atomic mass is 10.1. The minimum Gasteiger partial charge on any atom is -0.494 e. The van der Waals surface area contributed by atoms with Gasteiger partial charge in [0.25, 0.3) is 0 Å². The molecule has 6 heteroatoms. The molecule has 0 bridgehead atoms. The molecule has 0 radical (unpaired) electrons. The number of aliphatic imine (C=N–C) groups is 1. The van der Waals surface area contributed by atoms with Crippen molar-refractivity contribution in [2.24, 2.45) is 4.99 Å². The summed E-state index contributed by atoms with van der Waals surface area (Å²) in [6, 6.07) is 10.1. The van der Waals surface area contributed by atoms with E-state index in [1.165, 1.54) is 19.3 Å². The molecule has 1 aromatic carbocycles. The molecule has 2 heterocycles. The largest absolute Gasteiger partial charge is 0.494 e. The number of unbranched alkanes of at least 4 members (excludes halogenated alkanes) is 4. The van der Waals surface area contributed by atoms with E-state index >= 15 is 0 Å². The number of hydrogen-bond acceptors (Lipinski definition) is 6. The van der Waals surface area contributed by atoms with E-state index in [1.54, 1.807) is 0 Å². The predicted molar refractivity (Wildman–Crippen MR) is 119 cm³/mol. The Morgan fingerprint density at radius 3 is 2.50 bits per heavy atom. The highest BCUT2D eigenvalue weighted by Gasteiger charge is 2.10. The molecule has 0 saturated heterocycles. The summed E-state index contributed by atoms with van der Waals surface area (Å²) in [5, 5.41) is 4.20. The second-order valence-electron chi connectivity index (χ2n) is 7.67. The zero-order valence-corrected chi connectivity index (χ0v) is 18.4. The van der Waals surface area contributed by atoms with E-state index in [0.717, 1.165) is 80.7 Å². The summed E-state index contributed by atoms with van der Waals surface area (Å²) >= 11 is 0. The highest BCUT2D eigenvalue weighted by molar-refractivity contribution is 5.94. The van der Waals surface area contributed by atoms with Crippen LogP contribution in [0.3, 0.4) is 0 Å². The summed E-state index contributed by atoms with van der Waals surface area (Å²) in [7, 11) is 0. The molecule has 0 aliphatic carbocycles. The molecule has 0 N–H and O–H groups in total. The van der Waals surface area contributed by atoms with Crippen molar-refractivity contribution in [1.29, 1.82) is 0 Å². The first kappa shape index (κ1) is 22.3. The maximum atomic E-state index is 5.84. The van der Waals surface area contributed by atoms with Crippen molar-refractivity contribution in [1.82, 2.24) is 10.1 Å². The van der Waals surface area contributed by atoms with Crippen LogP contribution in [0.4, 0.5) is 0 Å². The Hall–Kier alpha value is -2.34. The van der Waals surface area contributed by atoms with Crippen LogP contribution < -0.4 is 4.74 Å². The molecule has 1 aromatic heterocycles. The average molecular weight is 414 g/mol. The molecule has 2 aromatic rings. The fourth-order valence-electron chi connectivity index (χ4n) is 3.55. The van der Waals surface area contributed by atoms with Gasteiger partial charge < -0.3 is 14.0 Å². The van der Waals surface area contributed by atoms with E-state index in [0.29, 0.717) is 6.61 Å². The summed E-state index contributed by atoms with van der Waals surface area (Å²) < 4.78 is 16.8. The molecule has 0 spiro atoms.